The van der Waals surface area contributed by atoms with Gasteiger partial charge < -0.3 is 9.73 Å². The summed E-state index contributed by atoms with van der Waals surface area (Å²) < 4.78 is 5.12. The van der Waals surface area contributed by atoms with Crippen molar-refractivity contribution < 1.29 is 14.0 Å². The van der Waals surface area contributed by atoms with Gasteiger partial charge in [0.05, 0.1) is 6.26 Å². The van der Waals surface area contributed by atoms with Crippen LogP contribution in [0.3, 0.4) is 0 Å². The number of aryl methyl sites for hydroxylation is 1. The van der Waals surface area contributed by atoms with Gasteiger partial charge in [-0.2, -0.15) is 0 Å². The molecule has 0 bridgehead atoms. The smallest absolute Gasteiger partial charge is 0.321 e. The van der Waals surface area contributed by atoms with Gasteiger partial charge in [-0.3, -0.25) is 10.1 Å². The molecule has 1 heterocycles. The van der Waals surface area contributed by atoms with Crippen LogP contribution in [0.25, 0.3) is 0 Å². The highest BCUT2D eigenvalue weighted by atomic mass is 32.2. The van der Waals surface area contributed by atoms with Crippen LogP contribution in [-0.2, 0) is 4.79 Å². The number of rotatable bonds is 4. The van der Waals surface area contributed by atoms with Crippen molar-refractivity contribution in [1.82, 2.24) is 10.6 Å². The Balaban J connectivity index is 2.23. The van der Waals surface area contributed by atoms with Crippen molar-refractivity contribution in [3.8, 4) is 0 Å². The Morgan fingerprint density at radius 2 is 2.25 bits per heavy atom. The number of hydrogen-bond donors (Lipinski definition) is 2. The summed E-state index contributed by atoms with van der Waals surface area (Å²) in [5, 5.41) is 4.51. The largest absolute Gasteiger partial charge is 0.468 e. The molecule has 16 heavy (non-hydrogen) atoms. The number of furan rings is 1. The minimum Gasteiger partial charge on any atom is -0.468 e. The van der Waals surface area contributed by atoms with Crippen LogP contribution in [-0.4, -0.2) is 24.7 Å². The lowest BCUT2D eigenvalue weighted by Gasteiger charge is -2.02. The van der Waals surface area contributed by atoms with Crippen molar-refractivity contribution in [2.24, 2.45) is 0 Å². The number of urea groups is 1. The fourth-order valence-electron chi connectivity index (χ4n) is 1.03. The number of thioether (sulfide) groups is 1. The predicted molar refractivity (Wildman–Crippen MR) is 61.4 cm³/mol. The van der Waals surface area contributed by atoms with Crippen LogP contribution in [0.5, 0.6) is 0 Å². The predicted octanol–water partition coefficient (Wildman–Crippen LogP) is 1.53. The molecular weight excluding hydrogens is 228 g/mol. The average Bonchev–Trinajstić information content (AvgIpc) is 2.64. The van der Waals surface area contributed by atoms with Gasteiger partial charge >= 0.3 is 6.03 Å². The molecule has 0 aliphatic heterocycles. The molecule has 3 amide bonds. The Kier molecular flexibility index (Phi) is 4.91. The fraction of sp³-hybridized carbons (Fsp3) is 0.400. The molecule has 1 rings (SSSR count). The summed E-state index contributed by atoms with van der Waals surface area (Å²) in [5.41, 5.74) is 0. The number of imide groups is 1. The number of nitrogens with one attached hydrogen (secondary N) is 2. The second-order valence-corrected chi connectivity index (χ2v) is 4.20. The van der Waals surface area contributed by atoms with Crippen LogP contribution in [0.4, 0.5) is 4.79 Å². The van der Waals surface area contributed by atoms with E-state index in [1.807, 2.05) is 13.0 Å². The van der Waals surface area contributed by atoms with Crippen molar-refractivity contribution in [3.05, 3.63) is 18.1 Å². The number of carbonyl (C=O) groups is 2. The summed E-state index contributed by atoms with van der Waals surface area (Å²) in [6, 6.07) is 1.38. The fourth-order valence-corrected chi connectivity index (χ4v) is 1.94. The molecule has 0 radical (unpaired) electrons. The van der Waals surface area contributed by atoms with E-state index in [2.05, 4.69) is 10.6 Å². The Morgan fingerprint density at radius 1 is 1.50 bits per heavy atom. The molecule has 0 saturated carbocycles. The van der Waals surface area contributed by atoms with Gasteiger partial charge in [-0.05, 0) is 13.0 Å². The van der Waals surface area contributed by atoms with E-state index in [1.165, 1.54) is 18.8 Å². The molecule has 0 unspecified atom stereocenters. The van der Waals surface area contributed by atoms with E-state index < -0.39 is 6.03 Å². The van der Waals surface area contributed by atoms with Crippen molar-refractivity contribution in [1.29, 1.82) is 0 Å². The highest BCUT2D eigenvalue weighted by Gasteiger charge is 2.07. The second kappa shape index (κ2) is 6.22. The maximum atomic E-state index is 11.2. The third-order valence-electron chi connectivity index (χ3n) is 1.88. The van der Waals surface area contributed by atoms with Gasteiger partial charge in [0.25, 0.3) is 0 Å². The molecule has 0 fully saturated rings. The average molecular weight is 242 g/mol. The highest BCUT2D eigenvalue weighted by Crippen LogP contribution is 2.23. The van der Waals surface area contributed by atoms with Crippen molar-refractivity contribution >= 4 is 23.7 Å². The SMILES string of the molecule is CNC(=O)NC(=O)CCSc1ccoc1C. The van der Waals surface area contributed by atoms with E-state index in [-0.39, 0.29) is 5.91 Å². The lowest BCUT2D eigenvalue weighted by atomic mass is 10.4. The van der Waals surface area contributed by atoms with Crippen molar-refractivity contribution in [3.63, 3.8) is 0 Å². The summed E-state index contributed by atoms with van der Waals surface area (Å²) >= 11 is 1.53. The van der Waals surface area contributed by atoms with E-state index in [4.69, 9.17) is 4.42 Å². The normalized spacial score (nSPS) is 9.88. The summed E-state index contributed by atoms with van der Waals surface area (Å²) in [5.74, 6) is 1.17. The van der Waals surface area contributed by atoms with Crippen LogP contribution < -0.4 is 10.6 Å². The number of hydrogen-bond acceptors (Lipinski definition) is 4. The summed E-state index contributed by atoms with van der Waals surface area (Å²) in [7, 11) is 1.46. The summed E-state index contributed by atoms with van der Waals surface area (Å²) in [6.45, 7) is 1.87. The molecule has 88 valence electrons. The van der Waals surface area contributed by atoms with E-state index in [0.717, 1.165) is 10.7 Å². The van der Waals surface area contributed by atoms with E-state index in [1.54, 1.807) is 6.26 Å². The molecule has 1 aromatic rings. The lowest BCUT2D eigenvalue weighted by Crippen LogP contribution is -2.37. The van der Waals surface area contributed by atoms with Crippen LogP contribution >= 0.6 is 11.8 Å². The summed E-state index contributed by atoms with van der Waals surface area (Å²) in [4.78, 5) is 23.0. The molecule has 0 aromatic carbocycles. The zero-order chi connectivity index (χ0) is 12.0. The van der Waals surface area contributed by atoms with Gasteiger partial charge in [0.1, 0.15) is 5.76 Å². The summed E-state index contributed by atoms with van der Waals surface area (Å²) in [6.07, 6.45) is 1.91. The van der Waals surface area contributed by atoms with Crippen LogP contribution in [0.2, 0.25) is 0 Å². The lowest BCUT2D eigenvalue weighted by molar-refractivity contribution is -0.119. The van der Waals surface area contributed by atoms with Gasteiger partial charge in [0.2, 0.25) is 5.91 Å². The highest BCUT2D eigenvalue weighted by molar-refractivity contribution is 7.99. The molecular formula is C10H14N2O3S. The monoisotopic (exact) mass is 242 g/mol. The van der Waals surface area contributed by atoms with Gasteiger partial charge in [0.15, 0.2) is 0 Å². The molecule has 0 aliphatic carbocycles. The molecule has 1 aromatic heterocycles. The van der Waals surface area contributed by atoms with Crippen LogP contribution in [0, 0.1) is 6.92 Å². The van der Waals surface area contributed by atoms with Crippen molar-refractivity contribution in [2.75, 3.05) is 12.8 Å². The number of carbonyl (C=O) groups excluding carboxylic acids is 2. The third-order valence-corrected chi connectivity index (χ3v) is 3.02. The van der Waals surface area contributed by atoms with E-state index >= 15 is 0 Å². The standard InChI is InChI=1S/C10H14N2O3S/c1-7-8(3-5-15-7)16-6-4-9(13)12-10(14)11-2/h3,5H,4,6H2,1-2H3,(H2,11,12,13,14). The van der Waals surface area contributed by atoms with Gasteiger partial charge in [-0.15, -0.1) is 11.8 Å². The first-order valence-electron chi connectivity index (χ1n) is 4.82. The first-order chi connectivity index (χ1) is 7.63. The van der Waals surface area contributed by atoms with E-state index in [0.29, 0.717) is 12.2 Å². The molecule has 0 saturated heterocycles. The Hall–Kier alpha value is -1.43. The molecule has 5 nitrogen and oxygen atoms in total. The Labute approximate surface area is 98.0 Å². The number of amides is 3. The first kappa shape index (κ1) is 12.6. The Bertz CT molecular complexity index is 376. The first-order valence-corrected chi connectivity index (χ1v) is 5.80. The van der Waals surface area contributed by atoms with Gasteiger partial charge in [0, 0.05) is 24.1 Å². The van der Waals surface area contributed by atoms with Gasteiger partial charge in [-0.1, -0.05) is 0 Å². The van der Waals surface area contributed by atoms with Crippen LogP contribution in [0.1, 0.15) is 12.2 Å². The van der Waals surface area contributed by atoms with Crippen LogP contribution in [0.15, 0.2) is 21.6 Å². The topological polar surface area (TPSA) is 71.3 Å². The zero-order valence-corrected chi connectivity index (χ0v) is 10.0. The zero-order valence-electron chi connectivity index (χ0n) is 9.20. The molecule has 0 aliphatic rings. The third kappa shape index (κ3) is 3.98. The minimum atomic E-state index is -0.477. The van der Waals surface area contributed by atoms with Crippen molar-refractivity contribution in [2.45, 2.75) is 18.2 Å². The van der Waals surface area contributed by atoms with Gasteiger partial charge in [-0.25, -0.2) is 4.79 Å². The molecule has 6 heteroatoms. The quantitative estimate of drug-likeness (QED) is 0.785. The Morgan fingerprint density at radius 3 is 2.81 bits per heavy atom. The molecule has 0 atom stereocenters. The maximum Gasteiger partial charge on any atom is 0.321 e. The minimum absolute atomic E-state index is 0.284. The van der Waals surface area contributed by atoms with E-state index in [9.17, 15) is 9.59 Å². The maximum absolute atomic E-state index is 11.2. The second-order valence-electron chi connectivity index (χ2n) is 3.07. The molecule has 2 N–H and O–H groups in total. The molecule has 0 spiro atoms.